The molecule has 0 saturated carbocycles. The van der Waals surface area contributed by atoms with Crippen molar-refractivity contribution in [2.45, 2.75) is 72.0 Å². The van der Waals surface area contributed by atoms with Crippen molar-refractivity contribution in [3.63, 3.8) is 0 Å². The van der Waals surface area contributed by atoms with Gasteiger partial charge in [0, 0.05) is 56.0 Å². The third-order valence-electron chi connectivity index (χ3n) is 7.10. The molecule has 1 aromatic heterocycles. The maximum atomic E-state index is 13.6. The smallest absolute Gasteiger partial charge is 0.242 e. The molecule has 11 nitrogen and oxygen atoms in total. The van der Waals surface area contributed by atoms with Crippen LogP contribution in [0.5, 0.6) is 0 Å². The summed E-state index contributed by atoms with van der Waals surface area (Å²) < 4.78 is 7.06. The molecule has 0 saturated heterocycles. The van der Waals surface area contributed by atoms with Gasteiger partial charge in [0.05, 0.1) is 24.5 Å². The standard InChI is InChI=1S/C32H40N6O5/c1-4-24(39)16-19-43-18-9-17-33-28(40)14-15-30(42)37-20-23-10-5-6-11-25(23)32-31(26-12-7-8-13-27(26)37)35-36-38(32)21-29(41)34-22(2)3/h5-8,10-13,22H,4,9,14-21H2,1-3H3,(H,33,40)(H,34,41). The number of para-hydroxylation sites is 1. The van der Waals surface area contributed by atoms with Gasteiger partial charge >= 0.3 is 0 Å². The number of rotatable bonds is 14. The van der Waals surface area contributed by atoms with Crippen molar-refractivity contribution < 1.29 is 23.9 Å². The number of hydrogen-bond acceptors (Lipinski definition) is 7. The van der Waals surface area contributed by atoms with E-state index in [1.165, 1.54) is 0 Å². The zero-order valence-electron chi connectivity index (χ0n) is 25.1. The molecule has 1 aliphatic rings. The molecule has 1 aliphatic heterocycles. The van der Waals surface area contributed by atoms with E-state index in [1.54, 1.807) is 9.58 Å². The molecule has 2 N–H and O–H groups in total. The average molecular weight is 589 g/mol. The van der Waals surface area contributed by atoms with Crippen molar-refractivity contribution in [3.8, 4) is 22.5 Å². The predicted octanol–water partition coefficient (Wildman–Crippen LogP) is 3.66. The van der Waals surface area contributed by atoms with Crippen molar-refractivity contribution in [2.24, 2.45) is 0 Å². The number of anilines is 1. The fourth-order valence-electron chi connectivity index (χ4n) is 4.96. The van der Waals surface area contributed by atoms with Crippen LogP contribution in [0.25, 0.3) is 22.5 Å². The second-order valence-corrected chi connectivity index (χ2v) is 10.8. The molecule has 0 atom stereocenters. The maximum Gasteiger partial charge on any atom is 0.242 e. The molecule has 3 amide bonds. The highest BCUT2D eigenvalue weighted by Gasteiger charge is 2.29. The van der Waals surface area contributed by atoms with E-state index in [2.05, 4.69) is 20.9 Å². The maximum absolute atomic E-state index is 13.6. The monoisotopic (exact) mass is 588 g/mol. The topological polar surface area (TPSA) is 136 Å². The lowest BCUT2D eigenvalue weighted by atomic mass is 9.95. The van der Waals surface area contributed by atoms with E-state index in [1.807, 2.05) is 69.3 Å². The second kappa shape index (κ2) is 15.2. The van der Waals surface area contributed by atoms with Gasteiger partial charge in [-0.2, -0.15) is 0 Å². The summed E-state index contributed by atoms with van der Waals surface area (Å²) in [5, 5.41) is 14.6. The number of ether oxygens (including phenoxy) is 1. The number of carbonyl (C=O) groups excluding carboxylic acids is 4. The highest BCUT2D eigenvalue weighted by atomic mass is 16.5. The van der Waals surface area contributed by atoms with Gasteiger partial charge in [-0.3, -0.25) is 19.2 Å². The van der Waals surface area contributed by atoms with Gasteiger partial charge in [-0.25, -0.2) is 4.68 Å². The molecule has 0 spiro atoms. The van der Waals surface area contributed by atoms with E-state index in [0.29, 0.717) is 50.4 Å². The Morgan fingerprint density at radius 1 is 0.930 bits per heavy atom. The summed E-state index contributed by atoms with van der Waals surface area (Å²) in [7, 11) is 0. The fourth-order valence-corrected chi connectivity index (χ4v) is 4.96. The molecule has 4 rings (SSSR count). The van der Waals surface area contributed by atoms with E-state index < -0.39 is 0 Å². The summed E-state index contributed by atoms with van der Waals surface area (Å²) in [6, 6.07) is 15.2. The van der Waals surface area contributed by atoms with Gasteiger partial charge in [-0.05, 0) is 31.9 Å². The summed E-state index contributed by atoms with van der Waals surface area (Å²) in [6.07, 6.45) is 1.63. The van der Waals surface area contributed by atoms with Gasteiger partial charge < -0.3 is 20.3 Å². The van der Waals surface area contributed by atoms with E-state index in [0.717, 1.165) is 22.4 Å². The Bertz CT molecular complexity index is 1450. The highest BCUT2D eigenvalue weighted by Crippen LogP contribution is 2.41. The van der Waals surface area contributed by atoms with Crippen molar-refractivity contribution >= 4 is 29.2 Å². The summed E-state index contributed by atoms with van der Waals surface area (Å²) in [6.45, 7) is 7.21. The molecule has 2 aromatic carbocycles. The minimum Gasteiger partial charge on any atom is -0.381 e. The Labute approximate surface area is 252 Å². The van der Waals surface area contributed by atoms with E-state index in [4.69, 9.17) is 4.74 Å². The van der Waals surface area contributed by atoms with Crippen LogP contribution in [-0.2, 0) is 37.0 Å². The van der Waals surface area contributed by atoms with Gasteiger partial charge in [-0.15, -0.1) is 5.10 Å². The SMILES string of the molecule is CCC(=O)CCOCCCNC(=O)CCC(=O)N1Cc2ccccc2-c2c(nnn2CC(=O)NC(C)C)-c2ccccc21. The fraction of sp³-hybridized carbons (Fsp3) is 0.438. The van der Waals surface area contributed by atoms with Crippen LogP contribution in [0, 0.1) is 0 Å². The van der Waals surface area contributed by atoms with Crippen molar-refractivity contribution in [2.75, 3.05) is 24.7 Å². The van der Waals surface area contributed by atoms with Crippen molar-refractivity contribution in [1.29, 1.82) is 0 Å². The zero-order valence-corrected chi connectivity index (χ0v) is 25.1. The Balaban J connectivity index is 1.46. The zero-order chi connectivity index (χ0) is 30.8. The summed E-state index contributed by atoms with van der Waals surface area (Å²) in [5.41, 5.74) is 4.41. The van der Waals surface area contributed by atoms with Crippen LogP contribution in [-0.4, -0.2) is 64.3 Å². The Hall–Kier alpha value is -4.38. The normalized spacial score (nSPS) is 12.0. The van der Waals surface area contributed by atoms with Crippen molar-refractivity contribution in [1.82, 2.24) is 25.6 Å². The predicted molar refractivity (Wildman–Crippen MR) is 163 cm³/mol. The third kappa shape index (κ3) is 8.35. The van der Waals surface area contributed by atoms with Crippen LogP contribution in [0.3, 0.4) is 0 Å². The number of nitrogens with zero attached hydrogens (tertiary/aromatic N) is 4. The van der Waals surface area contributed by atoms with Crippen LogP contribution in [0.1, 0.15) is 58.4 Å². The minimum absolute atomic E-state index is 0.00474. The molecule has 0 unspecified atom stereocenters. The summed E-state index contributed by atoms with van der Waals surface area (Å²) in [4.78, 5) is 51.8. The lowest BCUT2D eigenvalue weighted by molar-refractivity contribution is -0.125. The lowest BCUT2D eigenvalue weighted by Crippen LogP contribution is -2.34. The van der Waals surface area contributed by atoms with Crippen LogP contribution < -0.4 is 15.5 Å². The van der Waals surface area contributed by atoms with Crippen molar-refractivity contribution in [3.05, 3.63) is 54.1 Å². The number of Topliss-reactive ketones (excluding diaryl/α,β-unsaturated/α-hetero) is 1. The highest BCUT2D eigenvalue weighted by molar-refractivity contribution is 6.01. The molecule has 0 bridgehead atoms. The molecular weight excluding hydrogens is 548 g/mol. The van der Waals surface area contributed by atoms with Gasteiger partial charge in [0.1, 0.15) is 18.0 Å². The Morgan fingerprint density at radius 3 is 2.44 bits per heavy atom. The molecule has 0 radical (unpaired) electrons. The minimum atomic E-state index is -0.208. The van der Waals surface area contributed by atoms with Gasteiger partial charge in [0.2, 0.25) is 17.7 Å². The van der Waals surface area contributed by atoms with E-state index in [9.17, 15) is 19.2 Å². The van der Waals surface area contributed by atoms with Gasteiger partial charge in [0.25, 0.3) is 0 Å². The second-order valence-electron chi connectivity index (χ2n) is 10.8. The first-order valence-corrected chi connectivity index (χ1v) is 14.9. The number of nitrogens with one attached hydrogen (secondary N) is 2. The van der Waals surface area contributed by atoms with E-state index in [-0.39, 0.29) is 55.5 Å². The first-order chi connectivity index (χ1) is 20.8. The van der Waals surface area contributed by atoms with Crippen LogP contribution >= 0.6 is 0 Å². The lowest BCUT2D eigenvalue weighted by Gasteiger charge is -2.28. The summed E-state index contributed by atoms with van der Waals surface area (Å²) in [5.74, 6) is -0.391. The number of carbonyl (C=O) groups is 4. The molecule has 11 heteroatoms. The van der Waals surface area contributed by atoms with Gasteiger partial charge in [-0.1, -0.05) is 54.6 Å². The quantitative estimate of drug-likeness (QED) is 0.275. The average Bonchev–Trinajstić information content (AvgIpc) is 3.39. The van der Waals surface area contributed by atoms with Crippen LogP contribution in [0.4, 0.5) is 5.69 Å². The summed E-state index contributed by atoms with van der Waals surface area (Å²) >= 11 is 0. The largest absolute Gasteiger partial charge is 0.381 e. The van der Waals surface area contributed by atoms with Crippen LogP contribution in [0.15, 0.2) is 48.5 Å². The van der Waals surface area contributed by atoms with Crippen LogP contribution in [0.2, 0.25) is 0 Å². The number of fused-ring (bicyclic) bond motifs is 5. The number of ketones is 1. The molecule has 228 valence electrons. The Kier molecular flexibility index (Phi) is 11.2. The molecule has 2 heterocycles. The van der Waals surface area contributed by atoms with Gasteiger partial charge in [0.15, 0.2) is 0 Å². The Morgan fingerprint density at radius 2 is 1.67 bits per heavy atom. The number of hydrogen-bond donors (Lipinski definition) is 2. The first kappa shape index (κ1) is 31.6. The molecule has 0 aliphatic carbocycles. The number of aromatic nitrogens is 3. The first-order valence-electron chi connectivity index (χ1n) is 14.9. The third-order valence-corrected chi connectivity index (χ3v) is 7.10. The molecule has 0 fully saturated rings. The molecule has 3 aromatic rings. The number of amides is 3. The molecule has 43 heavy (non-hydrogen) atoms. The number of benzene rings is 2. The molecular formula is C32H40N6O5. The van der Waals surface area contributed by atoms with E-state index >= 15 is 0 Å².